The van der Waals surface area contributed by atoms with Crippen LogP contribution >= 0.6 is 0 Å². The largest absolute Gasteiger partial charge is 0.378 e. The number of carbonyl (C=O) groups is 3. The Morgan fingerprint density at radius 3 is 2.06 bits per heavy atom. The number of hydrogen-bond donors (Lipinski definition) is 2. The number of likely N-dealkylation sites (N-methyl/N-ethyl adjacent to an activating group) is 2. The van der Waals surface area contributed by atoms with Gasteiger partial charge in [0.2, 0.25) is 18.2 Å². The highest BCUT2D eigenvalue weighted by atomic mass is 16.3. The standard InChI is InChI=1S/C25H31N3O4/c1-20(25(32,21-11-6-4-7-12-21)22-13-8-5-9-14-22)27(3)24(31)15-10-17-28(19-29)18-16-23(30)26-2/h4-9,11-14,16,18-20,32H,10,15,17H2,1-3H3,(H,26,30)/b18-16-/t20-/m1/s1. The zero-order valence-electron chi connectivity index (χ0n) is 18.8. The van der Waals surface area contributed by atoms with E-state index in [0.717, 1.165) is 0 Å². The summed E-state index contributed by atoms with van der Waals surface area (Å²) in [5, 5.41) is 14.3. The number of rotatable bonds is 11. The molecule has 0 spiro atoms. The molecule has 3 amide bonds. The van der Waals surface area contributed by atoms with Gasteiger partial charge in [0, 0.05) is 39.3 Å². The Labute approximate surface area is 189 Å². The van der Waals surface area contributed by atoms with Gasteiger partial charge in [-0.15, -0.1) is 0 Å². The van der Waals surface area contributed by atoms with Gasteiger partial charge in [0.1, 0.15) is 5.60 Å². The maximum absolute atomic E-state index is 12.9. The van der Waals surface area contributed by atoms with Crippen molar-refractivity contribution in [2.24, 2.45) is 0 Å². The SMILES string of the molecule is CNC(=O)/C=C\N(C=O)CCCC(=O)N(C)[C@H](C)C(O)(c1ccccc1)c1ccccc1. The van der Waals surface area contributed by atoms with Crippen LogP contribution < -0.4 is 5.32 Å². The van der Waals surface area contributed by atoms with E-state index in [1.807, 2.05) is 67.6 Å². The van der Waals surface area contributed by atoms with Crippen molar-refractivity contribution in [3.05, 3.63) is 84.1 Å². The van der Waals surface area contributed by atoms with Crippen molar-refractivity contribution in [2.75, 3.05) is 20.6 Å². The van der Waals surface area contributed by atoms with Gasteiger partial charge in [-0.2, -0.15) is 0 Å². The summed E-state index contributed by atoms with van der Waals surface area (Å²) in [6, 6.07) is 18.1. The summed E-state index contributed by atoms with van der Waals surface area (Å²) in [5.74, 6) is -0.466. The monoisotopic (exact) mass is 437 g/mol. The normalized spacial score (nSPS) is 12.2. The first-order valence-electron chi connectivity index (χ1n) is 10.5. The summed E-state index contributed by atoms with van der Waals surface area (Å²) in [4.78, 5) is 38.2. The molecule has 0 aromatic heterocycles. The fraction of sp³-hybridized carbons (Fsp3) is 0.320. The minimum atomic E-state index is -1.39. The van der Waals surface area contributed by atoms with Gasteiger partial charge in [0.25, 0.3) is 0 Å². The summed E-state index contributed by atoms with van der Waals surface area (Å²) in [6.45, 7) is 2.12. The molecule has 0 aliphatic carbocycles. The molecule has 0 bridgehead atoms. The molecular formula is C25H31N3O4. The quantitative estimate of drug-likeness (QED) is 0.417. The fourth-order valence-electron chi connectivity index (χ4n) is 3.53. The van der Waals surface area contributed by atoms with Gasteiger partial charge in [0.05, 0.1) is 6.04 Å². The molecule has 0 heterocycles. The summed E-state index contributed by atoms with van der Waals surface area (Å²) in [7, 11) is 3.17. The lowest BCUT2D eigenvalue weighted by atomic mass is 9.80. The Hall–Kier alpha value is -3.45. The molecule has 0 radical (unpaired) electrons. The number of aliphatic hydroxyl groups is 1. The smallest absolute Gasteiger partial charge is 0.245 e. The average molecular weight is 438 g/mol. The summed E-state index contributed by atoms with van der Waals surface area (Å²) < 4.78 is 0. The van der Waals surface area contributed by atoms with E-state index in [2.05, 4.69) is 5.32 Å². The highest BCUT2D eigenvalue weighted by molar-refractivity contribution is 5.87. The first kappa shape index (κ1) is 24.8. The van der Waals surface area contributed by atoms with E-state index in [1.54, 1.807) is 11.9 Å². The lowest BCUT2D eigenvalue weighted by Crippen LogP contribution is -2.50. The van der Waals surface area contributed by atoms with Crippen LogP contribution in [0.1, 0.15) is 30.9 Å². The van der Waals surface area contributed by atoms with Gasteiger partial charge in [-0.1, -0.05) is 60.7 Å². The second kappa shape index (κ2) is 11.8. The Balaban J connectivity index is 2.11. The molecule has 2 N–H and O–H groups in total. The molecule has 32 heavy (non-hydrogen) atoms. The van der Waals surface area contributed by atoms with Crippen LogP contribution in [0.4, 0.5) is 0 Å². The predicted octanol–water partition coefficient (Wildman–Crippen LogP) is 2.27. The molecule has 0 aliphatic rings. The summed E-state index contributed by atoms with van der Waals surface area (Å²) in [6.07, 6.45) is 3.86. The fourth-order valence-corrected chi connectivity index (χ4v) is 3.53. The average Bonchev–Trinajstić information content (AvgIpc) is 2.85. The van der Waals surface area contributed by atoms with Crippen molar-refractivity contribution in [1.29, 1.82) is 0 Å². The minimum absolute atomic E-state index is 0.149. The van der Waals surface area contributed by atoms with Crippen LogP contribution in [0.5, 0.6) is 0 Å². The second-order valence-electron chi connectivity index (χ2n) is 7.56. The van der Waals surface area contributed by atoms with Crippen molar-refractivity contribution >= 4 is 18.2 Å². The van der Waals surface area contributed by atoms with Crippen molar-refractivity contribution in [3.8, 4) is 0 Å². The first-order valence-corrected chi connectivity index (χ1v) is 10.5. The predicted molar refractivity (Wildman–Crippen MR) is 123 cm³/mol. The third kappa shape index (κ3) is 6.04. The zero-order valence-corrected chi connectivity index (χ0v) is 18.8. The molecule has 2 aromatic rings. The third-order valence-corrected chi connectivity index (χ3v) is 5.61. The van der Waals surface area contributed by atoms with Gasteiger partial charge in [-0.05, 0) is 24.5 Å². The van der Waals surface area contributed by atoms with Crippen molar-refractivity contribution in [2.45, 2.75) is 31.4 Å². The number of benzene rings is 2. The summed E-state index contributed by atoms with van der Waals surface area (Å²) >= 11 is 0. The number of nitrogens with one attached hydrogen (secondary N) is 1. The number of hydrogen-bond acceptors (Lipinski definition) is 4. The molecule has 0 saturated carbocycles. The zero-order chi connectivity index (χ0) is 23.6. The van der Waals surface area contributed by atoms with Crippen molar-refractivity contribution < 1.29 is 19.5 Å². The lowest BCUT2D eigenvalue weighted by Gasteiger charge is -2.40. The Morgan fingerprint density at radius 1 is 1.06 bits per heavy atom. The van der Waals surface area contributed by atoms with Crippen LogP contribution in [0.25, 0.3) is 0 Å². The van der Waals surface area contributed by atoms with E-state index in [-0.39, 0.29) is 18.2 Å². The highest BCUT2D eigenvalue weighted by Gasteiger charge is 2.40. The molecule has 170 valence electrons. The van der Waals surface area contributed by atoms with Crippen LogP contribution in [-0.2, 0) is 20.0 Å². The van der Waals surface area contributed by atoms with Crippen LogP contribution in [-0.4, -0.2) is 59.8 Å². The van der Waals surface area contributed by atoms with Gasteiger partial charge in [-0.25, -0.2) is 0 Å². The van der Waals surface area contributed by atoms with E-state index in [1.165, 1.54) is 24.2 Å². The first-order chi connectivity index (χ1) is 15.3. The topological polar surface area (TPSA) is 90.0 Å². The molecule has 7 nitrogen and oxygen atoms in total. The van der Waals surface area contributed by atoms with Gasteiger partial charge in [0.15, 0.2) is 0 Å². The van der Waals surface area contributed by atoms with E-state index in [9.17, 15) is 19.5 Å². The summed E-state index contributed by atoms with van der Waals surface area (Å²) in [5.41, 5.74) is 0.00695. The van der Waals surface area contributed by atoms with E-state index in [0.29, 0.717) is 30.5 Å². The number of amides is 3. The molecule has 0 aliphatic heterocycles. The molecule has 7 heteroatoms. The van der Waals surface area contributed by atoms with Crippen LogP contribution in [0.2, 0.25) is 0 Å². The van der Waals surface area contributed by atoms with Crippen LogP contribution in [0.15, 0.2) is 72.9 Å². The minimum Gasteiger partial charge on any atom is -0.378 e. The maximum atomic E-state index is 12.9. The van der Waals surface area contributed by atoms with Crippen molar-refractivity contribution in [3.63, 3.8) is 0 Å². The molecule has 0 fully saturated rings. The van der Waals surface area contributed by atoms with Crippen LogP contribution in [0, 0.1) is 0 Å². The van der Waals surface area contributed by atoms with Crippen molar-refractivity contribution in [1.82, 2.24) is 15.1 Å². The Bertz CT molecular complexity index is 876. The molecule has 2 aromatic carbocycles. The van der Waals surface area contributed by atoms with E-state index < -0.39 is 11.6 Å². The lowest BCUT2D eigenvalue weighted by molar-refractivity contribution is -0.136. The maximum Gasteiger partial charge on any atom is 0.245 e. The van der Waals surface area contributed by atoms with Gasteiger partial charge in [-0.3, -0.25) is 14.4 Å². The molecule has 2 rings (SSSR count). The molecule has 1 atom stereocenters. The van der Waals surface area contributed by atoms with Gasteiger partial charge < -0.3 is 20.2 Å². The molecular weight excluding hydrogens is 406 g/mol. The van der Waals surface area contributed by atoms with Crippen LogP contribution in [0.3, 0.4) is 0 Å². The van der Waals surface area contributed by atoms with E-state index in [4.69, 9.17) is 0 Å². The molecule has 0 saturated heterocycles. The third-order valence-electron chi connectivity index (χ3n) is 5.61. The number of carbonyl (C=O) groups excluding carboxylic acids is 3. The highest BCUT2D eigenvalue weighted by Crippen LogP contribution is 2.35. The van der Waals surface area contributed by atoms with Gasteiger partial charge >= 0.3 is 0 Å². The second-order valence-corrected chi connectivity index (χ2v) is 7.56. The molecule has 0 unspecified atom stereocenters. The van der Waals surface area contributed by atoms with E-state index >= 15 is 0 Å². The Morgan fingerprint density at radius 2 is 1.59 bits per heavy atom. The Kier molecular flexibility index (Phi) is 9.16. The number of nitrogens with zero attached hydrogens (tertiary/aromatic N) is 2.